The van der Waals surface area contributed by atoms with E-state index >= 15 is 0 Å². The van der Waals surface area contributed by atoms with Crippen molar-refractivity contribution in [1.82, 2.24) is 29.9 Å². The molecule has 1 unspecified atom stereocenters. The van der Waals surface area contributed by atoms with Gasteiger partial charge in [0, 0.05) is 36.4 Å². The van der Waals surface area contributed by atoms with Gasteiger partial charge >= 0.3 is 6.03 Å². The summed E-state index contributed by atoms with van der Waals surface area (Å²) >= 11 is 0. The summed E-state index contributed by atoms with van der Waals surface area (Å²) in [6, 6.07) is 5.29. The van der Waals surface area contributed by atoms with E-state index in [1.807, 2.05) is 16.7 Å². The monoisotopic (exact) mass is 439 g/mol. The lowest BCUT2D eigenvalue weighted by molar-refractivity contribution is -0.0492. The highest BCUT2D eigenvalue weighted by atomic mass is 16.2. The third kappa shape index (κ3) is 3.44. The van der Waals surface area contributed by atoms with Crippen LogP contribution in [0.2, 0.25) is 0 Å². The average Bonchev–Trinajstić information content (AvgIpc) is 3.27. The Balaban J connectivity index is 0.00000245. The molecule has 3 amide bonds. The molecular weight excluding hydrogens is 406 g/mol. The second-order valence-electron chi connectivity index (χ2n) is 9.16. The first-order valence-electron chi connectivity index (χ1n) is 11.0. The third-order valence-electron chi connectivity index (χ3n) is 7.36. The van der Waals surface area contributed by atoms with Crippen molar-refractivity contribution in [2.75, 3.05) is 25.5 Å². The first kappa shape index (κ1) is 22.3. The molecule has 2 aromatic rings. The highest BCUT2D eigenvalue weighted by Crippen LogP contribution is 2.42. The van der Waals surface area contributed by atoms with E-state index in [1.54, 1.807) is 24.4 Å². The molecule has 1 saturated heterocycles. The van der Waals surface area contributed by atoms with E-state index in [0.717, 1.165) is 37.2 Å². The van der Waals surface area contributed by atoms with Gasteiger partial charge in [0.1, 0.15) is 5.69 Å². The molecule has 1 saturated carbocycles. The smallest absolute Gasteiger partial charge is 0.319 e. The Morgan fingerprint density at radius 2 is 2.00 bits per heavy atom. The number of rotatable bonds is 2. The zero-order valence-electron chi connectivity index (χ0n) is 18.3. The standard InChI is InChI=1S/C22H29N7O2.CH4/c1-14-11-27(3)22(8-6-9-22)13-29(14)21(31)28-12-16-18(15(28)2)25-26-19(16)24-20(30)17-7-4-5-10-23-17;/h4-5,7,10,14-15H,6,8-9,11-13H2,1-3H3,(H2,24,25,26,30);1H4/t14-,15?;/m0./s1. The van der Waals surface area contributed by atoms with E-state index in [2.05, 4.69) is 39.4 Å². The van der Waals surface area contributed by atoms with Crippen LogP contribution in [-0.2, 0) is 6.54 Å². The Morgan fingerprint density at radius 1 is 1.22 bits per heavy atom. The summed E-state index contributed by atoms with van der Waals surface area (Å²) < 4.78 is 0. The molecule has 9 nitrogen and oxygen atoms in total. The summed E-state index contributed by atoms with van der Waals surface area (Å²) in [6.07, 6.45) is 5.12. The molecule has 4 heterocycles. The lowest BCUT2D eigenvalue weighted by Crippen LogP contribution is -2.68. The molecule has 1 aliphatic carbocycles. The predicted molar refractivity (Wildman–Crippen MR) is 122 cm³/mol. The van der Waals surface area contributed by atoms with Gasteiger partial charge in [0.25, 0.3) is 5.91 Å². The summed E-state index contributed by atoms with van der Waals surface area (Å²) in [5, 5.41) is 10.2. The lowest BCUT2D eigenvalue weighted by Gasteiger charge is -2.57. The Morgan fingerprint density at radius 3 is 2.66 bits per heavy atom. The Kier molecular flexibility index (Phi) is 5.70. The van der Waals surface area contributed by atoms with Crippen molar-refractivity contribution in [2.45, 2.75) is 64.7 Å². The van der Waals surface area contributed by atoms with E-state index in [0.29, 0.717) is 18.1 Å². The maximum atomic E-state index is 13.6. The number of carbonyl (C=O) groups is 2. The second-order valence-corrected chi connectivity index (χ2v) is 9.16. The molecule has 32 heavy (non-hydrogen) atoms. The van der Waals surface area contributed by atoms with Crippen LogP contribution < -0.4 is 5.32 Å². The fourth-order valence-electron chi connectivity index (χ4n) is 5.18. The zero-order chi connectivity index (χ0) is 21.8. The molecule has 172 valence electrons. The number of urea groups is 1. The number of fused-ring (bicyclic) bond motifs is 1. The molecule has 2 aromatic heterocycles. The minimum atomic E-state index is -0.313. The van der Waals surface area contributed by atoms with Gasteiger partial charge in [-0.1, -0.05) is 13.5 Å². The van der Waals surface area contributed by atoms with Crippen molar-refractivity contribution in [1.29, 1.82) is 0 Å². The van der Waals surface area contributed by atoms with Gasteiger partial charge in [0.15, 0.2) is 5.82 Å². The largest absolute Gasteiger partial charge is 0.321 e. The number of amides is 3. The number of hydrogen-bond donors (Lipinski definition) is 2. The van der Waals surface area contributed by atoms with Crippen LogP contribution in [0.25, 0.3) is 0 Å². The van der Waals surface area contributed by atoms with Crippen LogP contribution in [0.15, 0.2) is 24.4 Å². The number of hydrogen-bond acceptors (Lipinski definition) is 5. The quantitative estimate of drug-likeness (QED) is 0.749. The number of anilines is 1. The minimum Gasteiger partial charge on any atom is -0.319 e. The zero-order valence-corrected chi connectivity index (χ0v) is 18.3. The number of likely N-dealkylation sites (N-methyl/N-ethyl adjacent to an activating group) is 1. The summed E-state index contributed by atoms with van der Waals surface area (Å²) in [4.78, 5) is 36.6. The third-order valence-corrected chi connectivity index (χ3v) is 7.36. The summed E-state index contributed by atoms with van der Waals surface area (Å²) in [5.74, 6) is 0.154. The number of pyridine rings is 1. The van der Waals surface area contributed by atoms with Gasteiger partial charge in [-0.05, 0) is 52.3 Å². The molecular formula is C23H33N7O2. The van der Waals surface area contributed by atoms with Gasteiger partial charge in [-0.3, -0.25) is 19.8 Å². The number of aromatic amines is 1. The van der Waals surface area contributed by atoms with Gasteiger partial charge in [-0.2, -0.15) is 5.10 Å². The van der Waals surface area contributed by atoms with Gasteiger partial charge < -0.3 is 15.1 Å². The first-order chi connectivity index (χ1) is 14.9. The molecule has 2 aliphatic heterocycles. The number of H-pyrrole nitrogens is 1. The summed E-state index contributed by atoms with van der Waals surface area (Å²) in [5.41, 5.74) is 2.22. The van der Waals surface area contributed by atoms with E-state index in [4.69, 9.17) is 0 Å². The Hall–Kier alpha value is -2.94. The summed E-state index contributed by atoms with van der Waals surface area (Å²) in [7, 11) is 2.18. The maximum absolute atomic E-state index is 13.6. The van der Waals surface area contributed by atoms with E-state index < -0.39 is 0 Å². The van der Waals surface area contributed by atoms with Crippen molar-refractivity contribution in [2.24, 2.45) is 0 Å². The van der Waals surface area contributed by atoms with Gasteiger partial charge in [0.2, 0.25) is 0 Å². The first-order valence-corrected chi connectivity index (χ1v) is 11.0. The SMILES string of the molecule is C.CC1c2[nH]nc(NC(=O)c3ccccn3)c2CN1C(=O)N1CC2(CCC2)N(C)C[C@@H]1C. The fourth-order valence-corrected chi connectivity index (χ4v) is 5.18. The predicted octanol–water partition coefficient (Wildman–Crippen LogP) is 3.25. The van der Waals surface area contributed by atoms with Gasteiger partial charge in [-0.25, -0.2) is 4.79 Å². The van der Waals surface area contributed by atoms with Crippen LogP contribution in [0.5, 0.6) is 0 Å². The number of piperazine rings is 1. The highest BCUT2D eigenvalue weighted by molar-refractivity contribution is 6.02. The summed E-state index contributed by atoms with van der Waals surface area (Å²) in [6.45, 7) is 6.23. The van der Waals surface area contributed by atoms with Crippen LogP contribution in [-0.4, -0.2) is 73.5 Å². The van der Waals surface area contributed by atoms with Crippen molar-refractivity contribution in [3.63, 3.8) is 0 Å². The van der Waals surface area contributed by atoms with Crippen LogP contribution >= 0.6 is 0 Å². The number of nitrogens with one attached hydrogen (secondary N) is 2. The Bertz CT molecular complexity index is 1000. The number of carbonyl (C=O) groups excluding carboxylic acids is 2. The fraction of sp³-hybridized carbons (Fsp3) is 0.565. The van der Waals surface area contributed by atoms with Gasteiger partial charge in [-0.15, -0.1) is 0 Å². The normalized spacial score (nSPS) is 24.0. The van der Waals surface area contributed by atoms with E-state index in [9.17, 15) is 9.59 Å². The average molecular weight is 440 g/mol. The topological polar surface area (TPSA) is 97.5 Å². The molecule has 2 N–H and O–H groups in total. The molecule has 2 atom stereocenters. The molecule has 2 fully saturated rings. The molecule has 9 heteroatoms. The van der Waals surface area contributed by atoms with E-state index in [-0.39, 0.29) is 37.0 Å². The van der Waals surface area contributed by atoms with Crippen molar-refractivity contribution < 1.29 is 9.59 Å². The number of nitrogens with zero attached hydrogens (tertiary/aromatic N) is 5. The van der Waals surface area contributed by atoms with Crippen molar-refractivity contribution >= 4 is 17.8 Å². The minimum absolute atomic E-state index is 0. The van der Waals surface area contributed by atoms with Crippen molar-refractivity contribution in [3.8, 4) is 0 Å². The molecule has 5 rings (SSSR count). The second kappa shape index (κ2) is 8.20. The molecule has 3 aliphatic rings. The van der Waals surface area contributed by atoms with Crippen LogP contribution in [0.3, 0.4) is 0 Å². The highest BCUT2D eigenvalue weighted by Gasteiger charge is 2.49. The molecule has 0 bridgehead atoms. The number of aromatic nitrogens is 3. The Labute approximate surface area is 189 Å². The van der Waals surface area contributed by atoms with E-state index in [1.165, 1.54) is 6.42 Å². The van der Waals surface area contributed by atoms with Crippen LogP contribution in [0.4, 0.5) is 10.6 Å². The molecule has 0 aromatic carbocycles. The van der Waals surface area contributed by atoms with Crippen LogP contribution in [0, 0.1) is 0 Å². The van der Waals surface area contributed by atoms with Gasteiger partial charge in [0.05, 0.1) is 18.3 Å². The van der Waals surface area contributed by atoms with Crippen molar-refractivity contribution in [3.05, 3.63) is 41.3 Å². The van der Waals surface area contributed by atoms with Crippen LogP contribution in [0.1, 0.15) is 68.3 Å². The molecule has 1 spiro atoms. The maximum Gasteiger partial charge on any atom is 0.321 e. The molecule has 0 radical (unpaired) electrons. The lowest BCUT2D eigenvalue weighted by atomic mass is 9.73.